The zero-order valence-corrected chi connectivity index (χ0v) is 67.4. The van der Waals surface area contributed by atoms with Gasteiger partial charge in [0, 0.05) is 144 Å². The summed E-state index contributed by atoms with van der Waals surface area (Å²) in [5.74, 6) is -7.92. The number of nitrogens with zero attached hydrogens (tertiary/aromatic N) is 6. The van der Waals surface area contributed by atoms with Crippen molar-refractivity contribution in [3.8, 4) is 0 Å². The van der Waals surface area contributed by atoms with Gasteiger partial charge in [-0.3, -0.25) is 116 Å². The number of ether oxygens (including phenoxy) is 3. The predicted molar refractivity (Wildman–Crippen MR) is 431 cm³/mol. The first-order valence-electron chi connectivity index (χ1n) is 38.1. The van der Waals surface area contributed by atoms with Gasteiger partial charge >= 0.3 is 5.97 Å². The van der Waals surface area contributed by atoms with E-state index in [2.05, 4.69) is 74.4 Å². The minimum absolute atomic E-state index is 0.0673. The number of carbonyl (C=O) groups is 20. The first-order chi connectivity index (χ1) is 56.9. The molecule has 119 heavy (non-hydrogen) atoms. The van der Waals surface area contributed by atoms with E-state index in [1.54, 1.807) is 48.5 Å². The monoisotopic (exact) mass is 1690 g/mol. The van der Waals surface area contributed by atoms with Crippen LogP contribution in [0.4, 0.5) is 17.1 Å². The van der Waals surface area contributed by atoms with Gasteiger partial charge in [0.25, 0.3) is 23.6 Å². The van der Waals surface area contributed by atoms with Crippen molar-refractivity contribution in [2.75, 3.05) is 133 Å². The number of benzene rings is 3. The fourth-order valence-corrected chi connectivity index (χ4v) is 11.8. The van der Waals surface area contributed by atoms with Crippen molar-refractivity contribution in [2.24, 2.45) is 0 Å². The molecule has 40 heteroatoms. The number of amides is 18. The number of hydrogen-bond donors (Lipinski definition) is 11. The van der Waals surface area contributed by atoms with E-state index >= 15 is 0 Å². The Labute approximate surface area is 695 Å². The van der Waals surface area contributed by atoms with Crippen molar-refractivity contribution in [2.45, 2.75) is 109 Å². The van der Waals surface area contributed by atoms with Crippen LogP contribution in [0.5, 0.6) is 0 Å². The number of carbonyl (C=O) groups excluding carboxylic acids is 19. The van der Waals surface area contributed by atoms with Gasteiger partial charge in [0.1, 0.15) is 52.2 Å². The Hall–Kier alpha value is -12.1. The zero-order chi connectivity index (χ0) is 86.9. The Bertz CT molecular complexity index is 4200. The van der Waals surface area contributed by atoms with Crippen molar-refractivity contribution in [3.63, 3.8) is 0 Å². The number of imide groups is 5. The quantitative estimate of drug-likeness (QED) is 0.0146. The number of carboxylic acids is 1. The van der Waals surface area contributed by atoms with Gasteiger partial charge in [0.05, 0.1) is 12.6 Å². The van der Waals surface area contributed by atoms with E-state index in [1.807, 2.05) is 24.3 Å². The average Bonchev–Trinajstić information content (AvgIpc) is 1.09. The maximum Gasteiger partial charge on any atom is 0.326 e. The summed E-state index contributed by atoms with van der Waals surface area (Å²) in [6.07, 6.45) is 10.0. The molecular formula is C79H98N14O24S2. The summed E-state index contributed by atoms with van der Waals surface area (Å²) in [6, 6.07) is 19.6. The highest BCUT2D eigenvalue weighted by atomic mass is 32.1. The lowest BCUT2D eigenvalue weighted by Gasteiger charge is -2.28. The number of aliphatic carboxylic acids is 1. The Kier molecular flexibility index (Phi) is 40.6. The molecule has 0 spiro atoms. The summed E-state index contributed by atoms with van der Waals surface area (Å²) >= 11 is 7.97. The molecule has 0 radical (unpaired) electrons. The highest BCUT2D eigenvalue weighted by molar-refractivity contribution is 7.80. The van der Waals surface area contributed by atoms with E-state index in [4.69, 9.17) is 19.3 Å². The number of thiol groups is 2. The minimum atomic E-state index is -1.12. The Morgan fingerprint density at radius 3 is 1.19 bits per heavy atom. The number of aryl methyl sites for hydroxylation is 3. The molecule has 0 aliphatic carbocycles. The fraction of sp³-hybridized carbons (Fsp3) is 0.443. The number of anilines is 3. The number of rotatable bonds is 48. The van der Waals surface area contributed by atoms with Crippen LogP contribution in [0.1, 0.15) is 94.2 Å². The molecule has 3 fully saturated rings. The highest BCUT2D eigenvalue weighted by Crippen LogP contribution is 2.20. The molecule has 5 aliphatic rings. The Balaban J connectivity index is 0.000000286. The van der Waals surface area contributed by atoms with E-state index in [1.165, 1.54) is 21.6 Å². The van der Waals surface area contributed by atoms with Crippen molar-refractivity contribution in [1.82, 2.24) is 56.0 Å². The first kappa shape index (κ1) is 95.7. The number of likely N-dealkylation sites (tertiary alicyclic amines) is 3. The number of Topliss-reactive ketones (excluding diaryl/α,β-unsaturated/α-hetero) is 1. The lowest BCUT2D eigenvalue weighted by Crippen LogP contribution is -2.49. The average molecular weight is 1690 g/mol. The highest BCUT2D eigenvalue weighted by Gasteiger charge is 2.33. The first-order valence-corrected chi connectivity index (χ1v) is 39.4. The van der Waals surface area contributed by atoms with E-state index in [9.17, 15) is 95.9 Å². The molecule has 8 rings (SSSR count). The van der Waals surface area contributed by atoms with Crippen LogP contribution >= 0.6 is 25.3 Å². The molecule has 9 N–H and O–H groups in total. The molecule has 3 aromatic carbocycles. The second-order valence-corrected chi connectivity index (χ2v) is 28.1. The number of unbranched alkanes of at least 4 members (excludes halogenated alkanes) is 1. The van der Waals surface area contributed by atoms with E-state index in [-0.39, 0.29) is 138 Å². The van der Waals surface area contributed by atoms with Gasteiger partial charge in [-0.1, -0.05) is 43.0 Å². The van der Waals surface area contributed by atoms with Crippen molar-refractivity contribution in [1.29, 1.82) is 0 Å². The van der Waals surface area contributed by atoms with Crippen molar-refractivity contribution >= 4 is 160 Å². The summed E-state index contributed by atoms with van der Waals surface area (Å²) in [7, 11) is 0. The van der Waals surface area contributed by atoms with Gasteiger partial charge in [-0.05, 0) is 116 Å². The number of ketones is 1. The smallest absolute Gasteiger partial charge is 0.326 e. The maximum atomic E-state index is 13.0. The normalized spacial score (nSPS) is 14.2. The lowest BCUT2D eigenvalue weighted by atomic mass is 10.1. The molecule has 0 bridgehead atoms. The number of hydrogen-bond acceptors (Lipinski definition) is 26. The SMILES string of the molecule is C=C(COCC(=O)NC(CCS)C(=O)O)Nc1ccc(CCC(=O)N2CCC2=O)cc1.CC(=O)C(CCCCNC(=O)COCC(=O)Nc1ccc(CCC(=O)N2CCC2=O)cc1)NC(=O)CCS.O=C(CN(CC(=O)NCCN1C(=O)C=CC1=O)C(=O)COCC(=O)Nc1ccc(CCC(=O)N2CCC2=O)cc1)NCCN1C(=O)C=CC1=O. The molecule has 0 aromatic heterocycles. The Morgan fingerprint density at radius 2 is 0.815 bits per heavy atom. The van der Waals surface area contributed by atoms with Gasteiger partial charge in [0.2, 0.25) is 82.7 Å². The van der Waals surface area contributed by atoms with Gasteiger partial charge in [0.15, 0.2) is 5.78 Å². The van der Waals surface area contributed by atoms with Gasteiger partial charge in [-0.2, -0.15) is 25.3 Å². The van der Waals surface area contributed by atoms with Crippen LogP contribution in [0.25, 0.3) is 0 Å². The fourth-order valence-electron chi connectivity index (χ4n) is 11.3. The molecule has 3 aromatic rings. The van der Waals surface area contributed by atoms with E-state index < -0.39 is 103 Å². The minimum Gasteiger partial charge on any atom is -0.480 e. The Morgan fingerprint density at radius 1 is 0.437 bits per heavy atom. The summed E-state index contributed by atoms with van der Waals surface area (Å²) in [5.41, 5.74) is 4.98. The van der Waals surface area contributed by atoms with Gasteiger partial charge in [-0.25, -0.2) is 4.79 Å². The molecule has 38 nitrogen and oxygen atoms in total. The summed E-state index contributed by atoms with van der Waals surface area (Å²) < 4.78 is 15.7. The lowest BCUT2D eigenvalue weighted by molar-refractivity contribution is -0.153. The molecule has 5 heterocycles. The van der Waals surface area contributed by atoms with Crippen LogP contribution in [0.2, 0.25) is 0 Å². The molecular weight excluding hydrogens is 1590 g/mol. The van der Waals surface area contributed by atoms with E-state index in [0.29, 0.717) is 113 Å². The number of β-lactam (4-membered cyclic amide) rings is 3. The summed E-state index contributed by atoms with van der Waals surface area (Å²) in [6.45, 7) is 3.41. The third-order valence-corrected chi connectivity index (χ3v) is 18.6. The van der Waals surface area contributed by atoms with Crippen molar-refractivity contribution in [3.05, 3.63) is 126 Å². The molecule has 0 saturated carbocycles. The molecule has 5 aliphatic heterocycles. The second-order valence-electron chi connectivity index (χ2n) is 27.3. The number of nitrogens with one attached hydrogen (secondary N) is 8. The molecule has 640 valence electrons. The maximum absolute atomic E-state index is 13.0. The van der Waals surface area contributed by atoms with Gasteiger partial charge in [-0.15, -0.1) is 0 Å². The topological polar surface area (TPSA) is 505 Å². The third-order valence-electron chi connectivity index (χ3n) is 18.1. The number of carboxylic acid groups (broad SMARTS) is 1. The van der Waals surface area contributed by atoms with Crippen LogP contribution in [-0.2, 0) is 129 Å². The van der Waals surface area contributed by atoms with Crippen LogP contribution in [0.3, 0.4) is 0 Å². The molecule has 2 atom stereocenters. The van der Waals surface area contributed by atoms with Crippen molar-refractivity contribution < 1.29 is 115 Å². The second kappa shape index (κ2) is 50.5. The molecule has 3 saturated heterocycles. The standard InChI is InChI=1S/C32H35N7O11.C26H36N4O7S.C21H27N3O6S/c40-23(33-12-15-38-27(44)7-8-28(38)45)17-36(18-24(41)34-13-16-39-29(46)9-10-30(39)47)32(49)20-50-19-25(42)35-22-4-1-21(2-5-22)3-6-26(43)37-14-11-31(37)48;1-18(31)21(29-22(32)12-15-38)4-2-3-13-27-23(33)16-37-17-24(34)28-20-8-5-19(6-9-20)7-10-25(35)30-14-11-26(30)36;1-14(12-30-13-18(25)23-17(9-11-31)21(28)29)22-16-5-2-15(3-6-16)4-7-19(26)24-10-8-20(24)27/h1-2,4-5,7-10H,3,6,11-20H2,(H,33,40)(H,34,41)(H,35,42);5-6,8-9,21,38H,2-4,7,10-17H2,1H3,(H,27,33)(H,28,34)(H,29,32);2-3,5-6,17,22,31H,1,4,7-13H2,(H,23,25)(H,28,29). The van der Waals surface area contributed by atoms with Crippen LogP contribution < -0.4 is 42.5 Å². The summed E-state index contributed by atoms with van der Waals surface area (Å²) in [4.78, 5) is 244. The van der Waals surface area contributed by atoms with Crippen LogP contribution in [0, 0.1) is 0 Å². The third kappa shape index (κ3) is 34.5. The van der Waals surface area contributed by atoms with Crippen LogP contribution in [0.15, 0.2) is 109 Å². The molecule has 2 unspecified atom stereocenters. The summed E-state index contributed by atoms with van der Waals surface area (Å²) in [5, 5.41) is 30.0. The van der Waals surface area contributed by atoms with E-state index in [0.717, 1.165) is 61.4 Å². The largest absolute Gasteiger partial charge is 0.480 e. The zero-order valence-electron chi connectivity index (χ0n) is 65.6. The predicted octanol–water partition coefficient (Wildman–Crippen LogP) is -0.533. The van der Waals surface area contributed by atoms with Crippen LogP contribution in [-0.4, -0.2) is 281 Å². The van der Waals surface area contributed by atoms with Gasteiger partial charge < -0.3 is 66.8 Å². The molecule has 18 amide bonds.